The molecule has 2 aromatic carbocycles. The zero-order chi connectivity index (χ0) is 16.8. The summed E-state index contributed by atoms with van der Waals surface area (Å²) < 4.78 is 3.18. The first-order valence-electron chi connectivity index (χ1n) is 8.84. The second-order valence-corrected chi connectivity index (χ2v) is 49.8. The minimum atomic E-state index is -3.82. The summed E-state index contributed by atoms with van der Waals surface area (Å²) in [6, 6.07) is 17.9. The summed E-state index contributed by atoms with van der Waals surface area (Å²) in [6.07, 6.45) is 9.06. The number of hydrogen-bond acceptors (Lipinski definition) is 0. The summed E-state index contributed by atoms with van der Waals surface area (Å²) in [6.45, 7) is 4.51. The van der Waals surface area contributed by atoms with E-state index in [9.17, 15) is 0 Å². The Morgan fingerprint density at radius 3 is 2.00 bits per heavy atom. The Balaban J connectivity index is 0.00000121. The predicted molar refractivity (Wildman–Crippen MR) is 120 cm³/mol. The third-order valence-corrected chi connectivity index (χ3v) is 40.6. The fraction of sp³-hybridized carbons (Fsp3) is 0.238. The molecular formula is C21H25Cl3HfSi. The zero-order valence-corrected chi connectivity index (χ0v) is 22.3. The van der Waals surface area contributed by atoms with Gasteiger partial charge in [0, 0.05) is 0 Å². The molecule has 0 spiro atoms. The van der Waals surface area contributed by atoms with Gasteiger partial charge in [-0.05, 0) is 0 Å². The van der Waals surface area contributed by atoms with Crippen LogP contribution in [0.15, 0.2) is 70.1 Å². The van der Waals surface area contributed by atoms with Crippen molar-refractivity contribution in [1.82, 2.24) is 0 Å². The molecule has 0 saturated heterocycles. The number of hydrogen-bond donors (Lipinski definition) is 0. The van der Waals surface area contributed by atoms with Gasteiger partial charge in [-0.1, -0.05) is 0 Å². The molecule has 0 unspecified atom stereocenters. The molecule has 5 heteroatoms. The molecule has 0 aromatic heterocycles. The van der Waals surface area contributed by atoms with E-state index in [1.54, 1.807) is 3.33 Å². The maximum Gasteiger partial charge on any atom is -0.147 e. The van der Waals surface area contributed by atoms with Gasteiger partial charge in [-0.25, -0.2) is 0 Å². The number of allylic oxidation sites excluding steroid dienone is 4. The largest absolute Gasteiger partial charge is 0.147 e. The van der Waals surface area contributed by atoms with E-state index in [1.165, 1.54) is 32.9 Å². The first kappa shape index (κ1) is 22.2. The van der Waals surface area contributed by atoms with E-state index in [1.807, 2.05) is 0 Å². The Morgan fingerprint density at radius 2 is 1.54 bits per heavy atom. The van der Waals surface area contributed by atoms with E-state index in [0.717, 1.165) is 6.42 Å². The van der Waals surface area contributed by atoms with Crippen LogP contribution in [0, 0.1) is 0 Å². The van der Waals surface area contributed by atoms with Gasteiger partial charge in [0.25, 0.3) is 0 Å². The van der Waals surface area contributed by atoms with Crippen molar-refractivity contribution in [2.75, 3.05) is 0 Å². The monoisotopic (exact) mass is 590 g/mol. The van der Waals surface area contributed by atoms with Crippen molar-refractivity contribution in [2.24, 2.45) is 0 Å². The van der Waals surface area contributed by atoms with Crippen molar-refractivity contribution < 1.29 is 15.9 Å². The summed E-state index contributed by atoms with van der Waals surface area (Å²) in [4.78, 5) is 0. The van der Waals surface area contributed by atoms with Crippen molar-refractivity contribution in [3.05, 3.63) is 81.2 Å². The molecule has 2 aromatic rings. The molecule has 4 rings (SSSR count). The molecular weight excluding hydrogens is 565 g/mol. The van der Waals surface area contributed by atoms with Crippen LogP contribution in [0.3, 0.4) is 0 Å². The van der Waals surface area contributed by atoms with Crippen LogP contribution in [0.1, 0.15) is 34.6 Å². The second-order valence-electron chi connectivity index (χ2n) is 7.31. The minimum Gasteiger partial charge on any atom is -0.147 e. The first-order chi connectivity index (χ1) is 11.6. The van der Waals surface area contributed by atoms with Gasteiger partial charge in [-0.2, -0.15) is 0 Å². The van der Waals surface area contributed by atoms with Gasteiger partial charge in [0.05, 0.1) is 0 Å². The zero-order valence-electron chi connectivity index (χ0n) is 15.0. The van der Waals surface area contributed by atoms with Gasteiger partial charge in [0.1, 0.15) is 0 Å². The Labute approximate surface area is 175 Å². The number of fused-ring (bicyclic) bond motifs is 3. The molecule has 0 aliphatic heterocycles. The van der Waals surface area contributed by atoms with E-state index < -0.39 is 15.9 Å². The van der Waals surface area contributed by atoms with Crippen molar-refractivity contribution in [3.8, 4) is 11.1 Å². The van der Waals surface area contributed by atoms with Crippen molar-refractivity contribution >= 4 is 40.3 Å². The molecule has 0 heterocycles. The van der Waals surface area contributed by atoms with Gasteiger partial charge in [-0.3, -0.25) is 0 Å². The quantitative estimate of drug-likeness (QED) is 0.350. The van der Waals surface area contributed by atoms with Crippen LogP contribution < -0.4 is 0 Å². The number of rotatable bonds is 4. The van der Waals surface area contributed by atoms with Gasteiger partial charge >= 0.3 is 151 Å². The smallest absolute Gasteiger partial charge is 0.147 e. The molecule has 2 aliphatic rings. The molecule has 0 amide bonds. The summed E-state index contributed by atoms with van der Waals surface area (Å²) in [5.74, 6) is 0. The van der Waals surface area contributed by atoms with Crippen molar-refractivity contribution in [1.29, 1.82) is 0 Å². The van der Waals surface area contributed by atoms with Gasteiger partial charge in [0.2, 0.25) is 0 Å². The Hall–Kier alpha value is -0.123. The third kappa shape index (κ3) is 3.26. The third-order valence-electron chi connectivity index (χ3n) is 5.82. The SMILES string of the molecule is CC[CH2][Hf](=[SiH2])([Cl])([C]1=CC=CC1)[CH]1c2ccccc2-c2ccccc21.Cl.Cl. The Bertz CT molecular complexity index is 902. The topological polar surface area (TPSA) is 0 Å². The molecule has 0 fully saturated rings. The average molecular weight is 590 g/mol. The van der Waals surface area contributed by atoms with Crippen LogP contribution in [0.4, 0.5) is 0 Å². The van der Waals surface area contributed by atoms with E-state index >= 15 is 0 Å². The average Bonchev–Trinajstić information content (AvgIpc) is 3.22. The summed E-state index contributed by atoms with van der Waals surface area (Å²) in [7, 11) is 7.89. The summed E-state index contributed by atoms with van der Waals surface area (Å²) >= 11 is -3.82. The molecule has 0 bridgehead atoms. The summed E-state index contributed by atoms with van der Waals surface area (Å²) in [5, 5.41) is 0. The fourth-order valence-corrected chi connectivity index (χ4v) is 36.3. The van der Waals surface area contributed by atoms with E-state index in [2.05, 4.69) is 80.6 Å². The first-order valence-corrected chi connectivity index (χ1v) is 28.0. The molecule has 0 nitrogen and oxygen atoms in total. The number of halogens is 3. The fourth-order valence-electron chi connectivity index (χ4n) is 4.79. The van der Waals surface area contributed by atoms with Crippen molar-refractivity contribution in [2.45, 2.75) is 27.6 Å². The second kappa shape index (κ2) is 8.09. The molecule has 0 radical (unpaired) electrons. The summed E-state index contributed by atoms with van der Waals surface area (Å²) in [5.41, 5.74) is 5.74. The Morgan fingerprint density at radius 1 is 1.00 bits per heavy atom. The standard InChI is InChI=1S/C13H9.C5H5.C3H7.3ClH.Hf.H2Si/c1-3-7-12-10(5-1)9-11-6-2-4-8-13(11)12;1-2-4-5-3-1;1-3-2;;;;;/h1-9H;1-3H,4H2;1,3H2,2H3;3*1H;;1H2/q;;;;;;+1;/p-1. The predicted octanol–water partition coefficient (Wildman–Crippen LogP) is 6.66. The maximum absolute atomic E-state index is 7.89. The van der Waals surface area contributed by atoms with Crippen LogP contribution in [0.5, 0.6) is 0 Å². The van der Waals surface area contributed by atoms with Crippen LogP contribution >= 0.6 is 33.4 Å². The van der Waals surface area contributed by atoms with E-state index in [4.69, 9.17) is 8.58 Å². The molecule has 2 aliphatic carbocycles. The van der Waals surface area contributed by atoms with Crippen LogP contribution in [-0.4, -0.2) is 6.94 Å². The number of benzene rings is 2. The van der Waals surface area contributed by atoms with E-state index in [0.29, 0.717) is 3.67 Å². The molecule has 0 saturated carbocycles. The van der Waals surface area contributed by atoms with Crippen LogP contribution in [-0.2, 0) is 15.9 Å². The molecule has 26 heavy (non-hydrogen) atoms. The van der Waals surface area contributed by atoms with Crippen molar-refractivity contribution in [3.63, 3.8) is 0 Å². The van der Waals surface area contributed by atoms with E-state index in [-0.39, 0.29) is 24.8 Å². The van der Waals surface area contributed by atoms with Crippen LogP contribution in [0.25, 0.3) is 11.1 Å². The van der Waals surface area contributed by atoms with Crippen LogP contribution in [0.2, 0.25) is 4.18 Å². The minimum absolute atomic E-state index is 0. The van der Waals surface area contributed by atoms with Gasteiger partial charge in [-0.15, -0.1) is 24.8 Å². The Kier molecular flexibility index (Phi) is 6.90. The molecule has 0 atom stereocenters. The van der Waals surface area contributed by atoms with Gasteiger partial charge < -0.3 is 0 Å². The van der Waals surface area contributed by atoms with Gasteiger partial charge in [0.15, 0.2) is 0 Å². The molecule has 0 N–H and O–H groups in total. The maximum atomic E-state index is 7.89. The molecule has 138 valence electrons. The normalized spacial score (nSPS) is 15.6.